The lowest BCUT2D eigenvalue weighted by atomic mass is 10.0. The summed E-state index contributed by atoms with van der Waals surface area (Å²) in [5, 5.41) is 0.867. The van der Waals surface area contributed by atoms with Crippen molar-refractivity contribution in [2.75, 3.05) is 11.9 Å². The Morgan fingerprint density at radius 1 is 1.18 bits per heavy atom. The van der Waals surface area contributed by atoms with Crippen LogP contribution in [-0.2, 0) is 4.74 Å². The summed E-state index contributed by atoms with van der Waals surface area (Å²) in [5.74, 6) is 0. The summed E-state index contributed by atoms with van der Waals surface area (Å²) in [7, 11) is 0. The molecule has 0 saturated heterocycles. The minimum atomic E-state index is 0.192. The van der Waals surface area contributed by atoms with Crippen LogP contribution in [-0.4, -0.2) is 11.9 Å². The van der Waals surface area contributed by atoms with Gasteiger partial charge in [-0.05, 0) is 24.5 Å². The van der Waals surface area contributed by atoms with E-state index in [0.29, 0.717) is 0 Å². The molecule has 0 aliphatic heterocycles. The summed E-state index contributed by atoms with van der Waals surface area (Å²) in [5.41, 5.74) is 2.62. The highest BCUT2D eigenvalue weighted by molar-refractivity contribution is 9.09. The van der Waals surface area contributed by atoms with Gasteiger partial charge in [-0.15, -0.1) is 0 Å². The van der Waals surface area contributed by atoms with Crippen molar-refractivity contribution in [3.8, 4) is 0 Å². The summed E-state index contributed by atoms with van der Waals surface area (Å²) in [6.45, 7) is 5.24. The summed E-state index contributed by atoms with van der Waals surface area (Å²) in [6.07, 6.45) is 5.23. The number of unbranched alkanes of at least 4 members (excludes halogenated alkanes) is 3. The van der Waals surface area contributed by atoms with Crippen molar-refractivity contribution in [2.45, 2.75) is 45.6 Å². The van der Waals surface area contributed by atoms with Crippen LogP contribution in [0.25, 0.3) is 0 Å². The second-order valence-electron chi connectivity index (χ2n) is 4.43. The third kappa shape index (κ3) is 5.22. The second kappa shape index (κ2) is 8.71. The number of benzene rings is 1. The third-order valence-corrected chi connectivity index (χ3v) is 3.58. The van der Waals surface area contributed by atoms with Gasteiger partial charge in [-0.25, -0.2) is 0 Å². The molecule has 0 fully saturated rings. The number of ether oxygens (including phenoxy) is 1. The number of halogens is 1. The van der Waals surface area contributed by atoms with Gasteiger partial charge >= 0.3 is 0 Å². The molecule has 1 unspecified atom stereocenters. The highest BCUT2D eigenvalue weighted by atomic mass is 79.9. The molecule has 1 aromatic rings. The maximum Gasteiger partial charge on any atom is 0.0924 e. The highest BCUT2D eigenvalue weighted by Crippen LogP contribution is 2.23. The average molecular weight is 299 g/mol. The molecule has 1 aromatic carbocycles. The molecule has 0 aliphatic carbocycles. The molecule has 0 aromatic heterocycles. The summed E-state index contributed by atoms with van der Waals surface area (Å²) in [6, 6.07) is 8.46. The monoisotopic (exact) mass is 298 g/mol. The molecule has 0 radical (unpaired) electrons. The Hall–Kier alpha value is -0.340. The zero-order chi connectivity index (χ0) is 12.5. The fraction of sp³-hybridized carbons (Fsp3) is 0.600. The van der Waals surface area contributed by atoms with Gasteiger partial charge in [-0.3, -0.25) is 0 Å². The molecule has 0 N–H and O–H groups in total. The van der Waals surface area contributed by atoms with Crippen LogP contribution in [0.1, 0.15) is 49.8 Å². The quantitative estimate of drug-likeness (QED) is 0.483. The molecule has 0 amide bonds. The Balaban J connectivity index is 2.41. The molecule has 17 heavy (non-hydrogen) atoms. The van der Waals surface area contributed by atoms with Gasteiger partial charge in [-0.2, -0.15) is 0 Å². The third-order valence-electron chi connectivity index (χ3n) is 2.99. The Morgan fingerprint density at radius 2 is 1.94 bits per heavy atom. The Morgan fingerprint density at radius 3 is 2.59 bits per heavy atom. The number of rotatable bonds is 8. The molecule has 0 heterocycles. The zero-order valence-electron chi connectivity index (χ0n) is 10.9. The molecule has 2 heteroatoms. The smallest absolute Gasteiger partial charge is 0.0924 e. The predicted octanol–water partition coefficient (Wildman–Crippen LogP) is 5.03. The molecule has 0 bridgehead atoms. The van der Waals surface area contributed by atoms with Crippen LogP contribution in [0.15, 0.2) is 24.3 Å². The number of hydrogen-bond acceptors (Lipinski definition) is 1. The predicted molar refractivity (Wildman–Crippen MR) is 77.8 cm³/mol. The fourth-order valence-corrected chi connectivity index (χ4v) is 2.46. The fourth-order valence-electron chi connectivity index (χ4n) is 1.92. The lowest BCUT2D eigenvalue weighted by Crippen LogP contribution is -2.08. The molecule has 1 rings (SSSR count). The van der Waals surface area contributed by atoms with Crippen molar-refractivity contribution in [1.29, 1.82) is 0 Å². The minimum Gasteiger partial charge on any atom is -0.373 e. The molecule has 1 atom stereocenters. The Kier molecular flexibility index (Phi) is 7.54. The SMILES string of the molecule is CCCCCCOC(CBr)c1ccccc1C. The minimum absolute atomic E-state index is 0.192. The van der Waals surface area contributed by atoms with Crippen molar-refractivity contribution in [3.63, 3.8) is 0 Å². The maximum absolute atomic E-state index is 5.96. The van der Waals surface area contributed by atoms with Crippen LogP contribution in [0.2, 0.25) is 0 Å². The van der Waals surface area contributed by atoms with Gasteiger partial charge < -0.3 is 4.74 Å². The lowest BCUT2D eigenvalue weighted by Gasteiger charge is -2.17. The van der Waals surface area contributed by atoms with Crippen molar-refractivity contribution in [2.24, 2.45) is 0 Å². The van der Waals surface area contributed by atoms with Crippen LogP contribution >= 0.6 is 15.9 Å². The number of alkyl halides is 1. The van der Waals surface area contributed by atoms with E-state index < -0.39 is 0 Å². The first-order valence-corrected chi connectivity index (χ1v) is 7.64. The van der Waals surface area contributed by atoms with Crippen LogP contribution < -0.4 is 0 Å². The molecular weight excluding hydrogens is 276 g/mol. The van der Waals surface area contributed by atoms with Crippen molar-refractivity contribution < 1.29 is 4.74 Å². The normalized spacial score (nSPS) is 12.6. The number of aryl methyl sites for hydroxylation is 1. The zero-order valence-corrected chi connectivity index (χ0v) is 12.5. The molecule has 0 spiro atoms. The standard InChI is InChI=1S/C15H23BrO/c1-3-4-5-8-11-17-15(12-16)14-10-7-6-9-13(14)2/h6-7,9-10,15H,3-5,8,11-12H2,1-2H3. The number of hydrogen-bond donors (Lipinski definition) is 0. The topological polar surface area (TPSA) is 9.23 Å². The summed E-state index contributed by atoms with van der Waals surface area (Å²) < 4.78 is 5.96. The average Bonchev–Trinajstić information content (AvgIpc) is 2.35. The van der Waals surface area contributed by atoms with Gasteiger partial charge in [0, 0.05) is 11.9 Å². The first-order valence-electron chi connectivity index (χ1n) is 6.52. The van der Waals surface area contributed by atoms with Crippen LogP contribution in [0.5, 0.6) is 0 Å². The van der Waals surface area contributed by atoms with Crippen LogP contribution in [0.3, 0.4) is 0 Å². The van der Waals surface area contributed by atoms with E-state index in [1.54, 1.807) is 0 Å². The first kappa shape index (κ1) is 14.7. The van der Waals surface area contributed by atoms with E-state index in [0.717, 1.165) is 11.9 Å². The van der Waals surface area contributed by atoms with Gasteiger partial charge in [0.25, 0.3) is 0 Å². The van der Waals surface area contributed by atoms with Gasteiger partial charge in [-0.1, -0.05) is 66.4 Å². The van der Waals surface area contributed by atoms with E-state index in [1.807, 2.05) is 0 Å². The summed E-state index contributed by atoms with van der Waals surface area (Å²) in [4.78, 5) is 0. The molecule has 0 aliphatic rings. The van der Waals surface area contributed by atoms with Crippen LogP contribution in [0, 0.1) is 6.92 Å². The molecular formula is C15H23BrO. The van der Waals surface area contributed by atoms with E-state index in [1.165, 1.54) is 36.8 Å². The second-order valence-corrected chi connectivity index (χ2v) is 5.08. The van der Waals surface area contributed by atoms with E-state index in [4.69, 9.17) is 4.74 Å². The van der Waals surface area contributed by atoms with Crippen molar-refractivity contribution in [1.82, 2.24) is 0 Å². The molecule has 1 nitrogen and oxygen atoms in total. The maximum atomic E-state index is 5.96. The first-order chi connectivity index (χ1) is 8.29. The highest BCUT2D eigenvalue weighted by Gasteiger charge is 2.12. The van der Waals surface area contributed by atoms with Crippen molar-refractivity contribution >= 4 is 15.9 Å². The molecule has 0 saturated carbocycles. The Bertz CT molecular complexity index is 312. The largest absolute Gasteiger partial charge is 0.373 e. The van der Waals surface area contributed by atoms with Gasteiger partial charge in [0.05, 0.1) is 6.10 Å². The summed E-state index contributed by atoms with van der Waals surface area (Å²) >= 11 is 3.54. The van der Waals surface area contributed by atoms with Gasteiger partial charge in [0.1, 0.15) is 0 Å². The van der Waals surface area contributed by atoms with Gasteiger partial charge in [0.15, 0.2) is 0 Å². The Labute approximate surface area is 114 Å². The van der Waals surface area contributed by atoms with E-state index >= 15 is 0 Å². The van der Waals surface area contributed by atoms with E-state index in [-0.39, 0.29) is 6.10 Å². The molecule has 96 valence electrons. The lowest BCUT2D eigenvalue weighted by molar-refractivity contribution is 0.0664. The van der Waals surface area contributed by atoms with E-state index in [9.17, 15) is 0 Å². The van der Waals surface area contributed by atoms with Crippen molar-refractivity contribution in [3.05, 3.63) is 35.4 Å². The van der Waals surface area contributed by atoms with Crippen LogP contribution in [0.4, 0.5) is 0 Å². The van der Waals surface area contributed by atoms with Gasteiger partial charge in [0.2, 0.25) is 0 Å². The van der Waals surface area contributed by atoms with E-state index in [2.05, 4.69) is 54.0 Å².